The molecule has 2 nitrogen and oxygen atoms in total. The number of halogens is 2. The van der Waals surface area contributed by atoms with Crippen molar-refractivity contribution >= 4 is 17.3 Å². The van der Waals surface area contributed by atoms with Crippen LogP contribution in [0.1, 0.15) is 0 Å². The third kappa shape index (κ3) is 1.30. The van der Waals surface area contributed by atoms with Crippen LogP contribution in [0.4, 0.5) is 10.1 Å². The van der Waals surface area contributed by atoms with Crippen LogP contribution >= 0.6 is 11.6 Å². The third-order valence-corrected chi connectivity index (χ3v) is 1.35. The molecule has 0 radical (unpaired) electrons. The molecule has 1 aromatic carbocycles. The fourth-order valence-electron chi connectivity index (χ4n) is 0.571. The summed E-state index contributed by atoms with van der Waals surface area (Å²) in [4.78, 5) is 0. The van der Waals surface area contributed by atoms with Crippen LogP contribution in [0.15, 0.2) is 23.3 Å². The summed E-state index contributed by atoms with van der Waals surface area (Å²) in [6.45, 7) is 0. The van der Waals surface area contributed by atoms with Crippen LogP contribution in [0.2, 0.25) is 5.02 Å². The largest absolute Gasteiger partial charge is 0.207 e. The van der Waals surface area contributed by atoms with E-state index in [1.54, 1.807) is 0 Å². The molecule has 52 valence electrons. The van der Waals surface area contributed by atoms with Crippen molar-refractivity contribution < 1.29 is 4.39 Å². The molecule has 0 unspecified atom stereocenters. The van der Waals surface area contributed by atoms with Crippen molar-refractivity contribution in [2.24, 2.45) is 5.11 Å². The number of hydrogen-bond donors (Lipinski definition) is 1. The van der Waals surface area contributed by atoms with Gasteiger partial charge in [0.25, 0.3) is 0 Å². The second-order valence-corrected chi connectivity index (χ2v) is 2.11. The molecule has 0 spiro atoms. The molecule has 0 bridgehead atoms. The minimum atomic E-state index is -0.435. The van der Waals surface area contributed by atoms with Gasteiger partial charge in [0, 0.05) is 6.07 Å². The van der Waals surface area contributed by atoms with Crippen molar-refractivity contribution in [3.05, 3.63) is 29.0 Å². The average Bonchev–Trinajstić information content (AvgIpc) is 1.94. The predicted octanol–water partition coefficient (Wildman–Crippen LogP) is 3.14. The molecule has 0 fully saturated rings. The lowest BCUT2D eigenvalue weighted by atomic mass is 10.3. The van der Waals surface area contributed by atoms with Gasteiger partial charge in [0.1, 0.15) is 11.5 Å². The maximum Gasteiger partial charge on any atom is 0.125 e. The third-order valence-electron chi connectivity index (χ3n) is 1.03. The fourth-order valence-corrected chi connectivity index (χ4v) is 0.731. The Kier molecular flexibility index (Phi) is 1.97. The average molecular weight is 159 g/mol. The van der Waals surface area contributed by atoms with Crippen LogP contribution in [0.3, 0.4) is 0 Å². The Morgan fingerprint density at radius 2 is 2.20 bits per heavy atom. The normalized spacial score (nSPS) is 9.40. The van der Waals surface area contributed by atoms with Crippen molar-refractivity contribution in [3.8, 4) is 0 Å². The van der Waals surface area contributed by atoms with Gasteiger partial charge in [-0.2, -0.15) is 5.11 Å². The van der Waals surface area contributed by atoms with Crippen molar-refractivity contribution in [2.45, 2.75) is 0 Å². The molecule has 10 heavy (non-hydrogen) atoms. The highest BCUT2D eigenvalue weighted by atomic mass is 35.5. The van der Waals surface area contributed by atoms with Crippen molar-refractivity contribution in [2.75, 3.05) is 0 Å². The molecule has 0 amide bonds. The zero-order chi connectivity index (χ0) is 7.56. The molecular formula is C6H4ClFN2. The van der Waals surface area contributed by atoms with E-state index >= 15 is 0 Å². The lowest BCUT2D eigenvalue weighted by Gasteiger charge is -1.93. The SMILES string of the molecule is N=Nc1cc(F)ccc1Cl. The molecule has 0 aliphatic heterocycles. The van der Waals surface area contributed by atoms with E-state index in [-0.39, 0.29) is 10.7 Å². The van der Waals surface area contributed by atoms with E-state index in [1.807, 2.05) is 0 Å². The van der Waals surface area contributed by atoms with E-state index in [0.29, 0.717) is 0 Å². The topological polar surface area (TPSA) is 36.2 Å². The van der Waals surface area contributed by atoms with Crippen molar-refractivity contribution in [1.29, 1.82) is 5.53 Å². The van der Waals surface area contributed by atoms with Gasteiger partial charge in [-0.15, -0.1) is 0 Å². The Hall–Kier alpha value is -0.960. The molecule has 0 heterocycles. The van der Waals surface area contributed by atoms with E-state index in [1.165, 1.54) is 12.1 Å². The fraction of sp³-hybridized carbons (Fsp3) is 0. The summed E-state index contributed by atoms with van der Waals surface area (Å²) in [5.74, 6) is -0.435. The zero-order valence-corrected chi connectivity index (χ0v) is 5.69. The maximum atomic E-state index is 12.3. The van der Waals surface area contributed by atoms with Gasteiger partial charge >= 0.3 is 0 Å². The van der Waals surface area contributed by atoms with Crippen LogP contribution in [0.25, 0.3) is 0 Å². The number of hydrogen-bond acceptors (Lipinski definition) is 2. The standard InChI is InChI=1S/C6H4ClFN2/c7-5-2-1-4(8)3-6(5)10-9/h1-3,9H. The Morgan fingerprint density at radius 1 is 1.50 bits per heavy atom. The van der Waals surface area contributed by atoms with Crippen LogP contribution < -0.4 is 0 Å². The Morgan fingerprint density at radius 3 is 2.70 bits per heavy atom. The summed E-state index contributed by atoms with van der Waals surface area (Å²) in [5.41, 5.74) is 6.71. The smallest absolute Gasteiger partial charge is 0.125 e. The molecule has 0 aliphatic rings. The molecule has 1 rings (SSSR count). The molecule has 0 saturated carbocycles. The molecule has 1 aromatic rings. The first kappa shape index (κ1) is 7.15. The van der Waals surface area contributed by atoms with Gasteiger partial charge in [-0.05, 0) is 12.1 Å². The van der Waals surface area contributed by atoms with E-state index in [9.17, 15) is 4.39 Å². The van der Waals surface area contributed by atoms with E-state index in [4.69, 9.17) is 17.1 Å². The first-order valence-corrected chi connectivity index (χ1v) is 2.94. The van der Waals surface area contributed by atoms with Gasteiger partial charge in [0.05, 0.1) is 5.02 Å². The van der Waals surface area contributed by atoms with Gasteiger partial charge in [0.2, 0.25) is 0 Å². The van der Waals surface area contributed by atoms with Gasteiger partial charge < -0.3 is 0 Å². The van der Waals surface area contributed by atoms with E-state index in [0.717, 1.165) is 6.07 Å². The summed E-state index contributed by atoms with van der Waals surface area (Å²) in [5, 5.41) is 3.30. The minimum absolute atomic E-state index is 0.154. The highest BCUT2D eigenvalue weighted by Gasteiger charge is 1.98. The number of nitrogens with zero attached hydrogens (tertiary/aromatic N) is 1. The summed E-state index contributed by atoms with van der Waals surface area (Å²) in [6.07, 6.45) is 0. The summed E-state index contributed by atoms with van der Waals surface area (Å²) in [7, 11) is 0. The van der Waals surface area contributed by atoms with E-state index in [2.05, 4.69) is 5.11 Å². The summed E-state index contributed by atoms with van der Waals surface area (Å²) >= 11 is 5.52. The molecule has 1 N–H and O–H groups in total. The predicted molar refractivity (Wildman–Crippen MR) is 36.2 cm³/mol. The Balaban J connectivity index is 3.21. The molecule has 0 saturated heterocycles. The molecular weight excluding hydrogens is 155 g/mol. The summed E-state index contributed by atoms with van der Waals surface area (Å²) < 4.78 is 12.3. The highest BCUT2D eigenvalue weighted by Crippen LogP contribution is 2.24. The van der Waals surface area contributed by atoms with Crippen LogP contribution in [0.5, 0.6) is 0 Å². The lowest BCUT2D eigenvalue weighted by molar-refractivity contribution is 0.628. The molecule has 0 atom stereocenters. The van der Waals surface area contributed by atoms with Crippen LogP contribution in [0, 0.1) is 11.3 Å². The van der Waals surface area contributed by atoms with Gasteiger partial charge in [0.15, 0.2) is 0 Å². The first-order chi connectivity index (χ1) is 4.74. The Bertz CT molecular complexity index is 262. The number of rotatable bonds is 1. The van der Waals surface area contributed by atoms with Crippen LogP contribution in [-0.2, 0) is 0 Å². The van der Waals surface area contributed by atoms with Crippen molar-refractivity contribution in [1.82, 2.24) is 0 Å². The molecule has 0 aromatic heterocycles. The number of nitrogens with one attached hydrogen (secondary N) is 1. The second kappa shape index (κ2) is 2.75. The zero-order valence-electron chi connectivity index (χ0n) is 4.94. The van der Waals surface area contributed by atoms with Gasteiger partial charge in [-0.1, -0.05) is 11.6 Å². The Labute approximate surface area is 62.1 Å². The first-order valence-electron chi connectivity index (χ1n) is 2.56. The van der Waals surface area contributed by atoms with Crippen LogP contribution in [-0.4, -0.2) is 0 Å². The molecule has 0 aliphatic carbocycles. The quantitative estimate of drug-likeness (QED) is 0.610. The lowest BCUT2D eigenvalue weighted by Crippen LogP contribution is -1.71. The highest BCUT2D eigenvalue weighted by molar-refractivity contribution is 6.32. The van der Waals surface area contributed by atoms with E-state index < -0.39 is 5.82 Å². The monoisotopic (exact) mass is 158 g/mol. The number of benzene rings is 1. The maximum absolute atomic E-state index is 12.3. The van der Waals surface area contributed by atoms with Crippen molar-refractivity contribution in [3.63, 3.8) is 0 Å². The van der Waals surface area contributed by atoms with Gasteiger partial charge in [-0.3, -0.25) is 0 Å². The summed E-state index contributed by atoms with van der Waals surface area (Å²) in [6, 6.07) is 3.69. The molecule has 4 heteroatoms. The minimum Gasteiger partial charge on any atom is -0.207 e. The van der Waals surface area contributed by atoms with Gasteiger partial charge in [-0.25, -0.2) is 9.92 Å². The second-order valence-electron chi connectivity index (χ2n) is 1.71.